The molecule has 0 bridgehead atoms. The smallest absolute Gasteiger partial charge is 0.164 e. The molecule has 17 heavy (non-hydrogen) atoms. The molecule has 0 N–H and O–H groups in total. The molecule has 0 saturated heterocycles. The lowest BCUT2D eigenvalue weighted by Gasteiger charge is -2.11. The van der Waals surface area contributed by atoms with E-state index in [0.29, 0.717) is 6.04 Å². The summed E-state index contributed by atoms with van der Waals surface area (Å²) in [7, 11) is 1.68. The SMILES string of the molecule is COc1cc(-c2nncn2C(C)C)ccc1C. The zero-order chi connectivity index (χ0) is 12.4. The number of aromatic nitrogens is 3. The number of nitrogens with zero attached hydrogens (tertiary/aromatic N) is 3. The molecule has 2 rings (SSSR count). The Kier molecular flexibility index (Phi) is 3.13. The van der Waals surface area contributed by atoms with Crippen molar-refractivity contribution in [3.8, 4) is 17.1 Å². The van der Waals surface area contributed by atoms with Crippen LogP contribution in [-0.2, 0) is 0 Å². The molecule has 1 heterocycles. The molecule has 4 nitrogen and oxygen atoms in total. The van der Waals surface area contributed by atoms with E-state index in [1.165, 1.54) is 0 Å². The molecule has 0 spiro atoms. The van der Waals surface area contributed by atoms with Crippen molar-refractivity contribution in [2.24, 2.45) is 0 Å². The van der Waals surface area contributed by atoms with Crippen LogP contribution < -0.4 is 4.74 Å². The van der Waals surface area contributed by atoms with E-state index in [9.17, 15) is 0 Å². The summed E-state index contributed by atoms with van der Waals surface area (Å²) >= 11 is 0. The monoisotopic (exact) mass is 231 g/mol. The third-order valence-corrected chi connectivity index (χ3v) is 2.80. The quantitative estimate of drug-likeness (QED) is 0.815. The maximum Gasteiger partial charge on any atom is 0.164 e. The minimum atomic E-state index is 0.340. The first-order chi connectivity index (χ1) is 8.13. The molecule has 0 saturated carbocycles. The highest BCUT2D eigenvalue weighted by atomic mass is 16.5. The Morgan fingerprint density at radius 1 is 1.29 bits per heavy atom. The lowest BCUT2D eigenvalue weighted by Crippen LogP contribution is -2.02. The van der Waals surface area contributed by atoms with Crippen molar-refractivity contribution >= 4 is 0 Å². The van der Waals surface area contributed by atoms with Gasteiger partial charge in [-0.2, -0.15) is 0 Å². The van der Waals surface area contributed by atoms with Crippen LogP contribution in [-0.4, -0.2) is 21.9 Å². The molecule has 0 amide bonds. The summed E-state index contributed by atoms with van der Waals surface area (Å²) in [5.41, 5.74) is 2.14. The summed E-state index contributed by atoms with van der Waals surface area (Å²) in [5.74, 6) is 1.75. The summed E-state index contributed by atoms with van der Waals surface area (Å²) in [6, 6.07) is 6.42. The lowest BCUT2D eigenvalue weighted by atomic mass is 10.1. The van der Waals surface area contributed by atoms with Gasteiger partial charge in [0, 0.05) is 11.6 Å². The largest absolute Gasteiger partial charge is 0.496 e. The van der Waals surface area contributed by atoms with Crippen LogP contribution in [0.5, 0.6) is 5.75 Å². The van der Waals surface area contributed by atoms with Crippen molar-refractivity contribution in [1.82, 2.24) is 14.8 Å². The Hall–Kier alpha value is -1.84. The van der Waals surface area contributed by atoms with Gasteiger partial charge in [0.1, 0.15) is 12.1 Å². The molecule has 0 unspecified atom stereocenters. The Morgan fingerprint density at radius 2 is 2.06 bits per heavy atom. The van der Waals surface area contributed by atoms with E-state index in [1.807, 2.05) is 29.7 Å². The minimum absolute atomic E-state index is 0.340. The number of ether oxygens (including phenoxy) is 1. The van der Waals surface area contributed by atoms with Crippen molar-refractivity contribution in [3.63, 3.8) is 0 Å². The van der Waals surface area contributed by atoms with Gasteiger partial charge in [-0.15, -0.1) is 10.2 Å². The van der Waals surface area contributed by atoms with E-state index in [4.69, 9.17) is 4.74 Å². The molecule has 0 aliphatic carbocycles. The van der Waals surface area contributed by atoms with Crippen LogP contribution in [0.2, 0.25) is 0 Å². The molecule has 0 fully saturated rings. The van der Waals surface area contributed by atoms with Gasteiger partial charge in [-0.3, -0.25) is 0 Å². The fourth-order valence-corrected chi connectivity index (χ4v) is 1.79. The summed E-state index contributed by atoms with van der Waals surface area (Å²) in [4.78, 5) is 0. The van der Waals surface area contributed by atoms with Crippen molar-refractivity contribution in [3.05, 3.63) is 30.1 Å². The van der Waals surface area contributed by atoms with Gasteiger partial charge in [0.2, 0.25) is 0 Å². The number of benzene rings is 1. The summed E-state index contributed by atoms with van der Waals surface area (Å²) in [6.45, 7) is 6.24. The molecular weight excluding hydrogens is 214 g/mol. The third kappa shape index (κ3) is 2.16. The van der Waals surface area contributed by atoms with Crippen LogP contribution in [0.1, 0.15) is 25.5 Å². The zero-order valence-electron chi connectivity index (χ0n) is 10.6. The average Bonchev–Trinajstić information content (AvgIpc) is 2.78. The number of hydrogen-bond acceptors (Lipinski definition) is 3. The number of aryl methyl sites for hydroxylation is 1. The van der Waals surface area contributed by atoms with Crippen molar-refractivity contribution in [2.45, 2.75) is 26.8 Å². The van der Waals surface area contributed by atoms with Crippen LogP contribution in [0.15, 0.2) is 24.5 Å². The van der Waals surface area contributed by atoms with E-state index >= 15 is 0 Å². The number of hydrogen-bond donors (Lipinski definition) is 0. The Morgan fingerprint density at radius 3 is 2.71 bits per heavy atom. The highest BCUT2D eigenvalue weighted by Crippen LogP contribution is 2.26. The average molecular weight is 231 g/mol. The molecule has 0 aliphatic heterocycles. The van der Waals surface area contributed by atoms with Gasteiger partial charge in [0.25, 0.3) is 0 Å². The van der Waals surface area contributed by atoms with Gasteiger partial charge in [0.05, 0.1) is 7.11 Å². The molecule has 0 radical (unpaired) electrons. The Labute approximate surface area is 101 Å². The second kappa shape index (κ2) is 4.57. The minimum Gasteiger partial charge on any atom is -0.496 e. The number of rotatable bonds is 3. The number of methoxy groups -OCH3 is 1. The van der Waals surface area contributed by atoms with E-state index < -0.39 is 0 Å². The predicted molar refractivity (Wildman–Crippen MR) is 67.1 cm³/mol. The molecular formula is C13H17N3O. The van der Waals surface area contributed by atoms with E-state index in [0.717, 1.165) is 22.7 Å². The zero-order valence-corrected chi connectivity index (χ0v) is 10.6. The van der Waals surface area contributed by atoms with Gasteiger partial charge in [0.15, 0.2) is 5.82 Å². The highest BCUT2D eigenvalue weighted by Gasteiger charge is 2.11. The van der Waals surface area contributed by atoms with Crippen LogP contribution in [0.3, 0.4) is 0 Å². The molecule has 0 aliphatic rings. The summed E-state index contributed by atoms with van der Waals surface area (Å²) in [6.07, 6.45) is 1.76. The fourth-order valence-electron chi connectivity index (χ4n) is 1.79. The molecule has 1 aromatic heterocycles. The van der Waals surface area contributed by atoms with Crippen molar-refractivity contribution in [2.75, 3.05) is 7.11 Å². The van der Waals surface area contributed by atoms with Crippen molar-refractivity contribution < 1.29 is 4.74 Å². The second-order valence-corrected chi connectivity index (χ2v) is 4.34. The van der Waals surface area contributed by atoms with Gasteiger partial charge in [-0.1, -0.05) is 12.1 Å². The Balaban J connectivity index is 2.49. The first-order valence-corrected chi connectivity index (χ1v) is 5.68. The van der Waals surface area contributed by atoms with Gasteiger partial charge < -0.3 is 9.30 Å². The first kappa shape index (κ1) is 11.6. The molecule has 2 aromatic rings. The van der Waals surface area contributed by atoms with Crippen LogP contribution in [0.4, 0.5) is 0 Å². The van der Waals surface area contributed by atoms with E-state index in [1.54, 1.807) is 13.4 Å². The van der Waals surface area contributed by atoms with Gasteiger partial charge in [-0.25, -0.2) is 0 Å². The van der Waals surface area contributed by atoms with Crippen LogP contribution in [0.25, 0.3) is 11.4 Å². The first-order valence-electron chi connectivity index (χ1n) is 5.68. The van der Waals surface area contributed by atoms with Crippen LogP contribution in [0, 0.1) is 6.92 Å². The van der Waals surface area contributed by atoms with E-state index in [-0.39, 0.29) is 0 Å². The fraction of sp³-hybridized carbons (Fsp3) is 0.385. The molecule has 1 aromatic carbocycles. The lowest BCUT2D eigenvalue weighted by molar-refractivity contribution is 0.412. The summed E-state index contributed by atoms with van der Waals surface area (Å²) < 4.78 is 7.37. The normalized spacial score (nSPS) is 10.9. The highest BCUT2D eigenvalue weighted by molar-refractivity contribution is 5.59. The molecule has 0 atom stereocenters. The maximum atomic E-state index is 5.33. The molecule has 4 heteroatoms. The third-order valence-electron chi connectivity index (χ3n) is 2.80. The summed E-state index contributed by atoms with van der Waals surface area (Å²) in [5, 5.41) is 8.14. The standard InChI is InChI=1S/C13H17N3O/c1-9(2)16-8-14-15-13(16)11-6-5-10(3)12(7-11)17-4/h5-9H,1-4H3. The topological polar surface area (TPSA) is 39.9 Å². The second-order valence-electron chi connectivity index (χ2n) is 4.34. The Bertz CT molecular complexity index is 517. The maximum absolute atomic E-state index is 5.33. The molecule has 90 valence electrons. The van der Waals surface area contributed by atoms with Gasteiger partial charge in [-0.05, 0) is 32.4 Å². The van der Waals surface area contributed by atoms with Crippen molar-refractivity contribution in [1.29, 1.82) is 0 Å². The van der Waals surface area contributed by atoms with Crippen LogP contribution >= 0.6 is 0 Å². The van der Waals surface area contributed by atoms with E-state index in [2.05, 4.69) is 24.0 Å². The predicted octanol–water partition coefficient (Wildman–Crippen LogP) is 2.84. The van der Waals surface area contributed by atoms with Gasteiger partial charge >= 0.3 is 0 Å².